The summed E-state index contributed by atoms with van der Waals surface area (Å²) in [5.41, 5.74) is 1.23. The van der Waals surface area contributed by atoms with Crippen molar-refractivity contribution in [1.82, 2.24) is 19.6 Å². The first-order valence-electron chi connectivity index (χ1n) is 22.0. The zero-order valence-electron chi connectivity index (χ0n) is 37.4. The Morgan fingerprint density at radius 1 is 0.609 bits per heavy atom. The van der Waals surface area contributed by atoms with Crippen molar-refractivity contribution in [1.29, 1.82) is 0 Å². The van der Waals surface area contributed by atoms with Gasteiger partial charge in [-0.3, -0.25) is 38.4 Å². The number of anilines is 1. The molecule has 4 aliphatic rings. The number of piperidine rings is 2. The van der Waals surface area contributed by atoms with Crippen LogP contribution < -0.4 is 5.32 Å². The normalized spacial score (nSPS) is 19.0. The van der Waals surface area contributed by atoms with Gasteiger partial charge in [0.25, 0.3) is 23.6 Å². The van der Waals surface area contributed by atoms with Crippen molar-refractivity contribution in [2.24, 2.45) is 0 Å². The lowest BCUT2D eigenvalue weighted by Crippen LogP contribution is -2.57. The third-order valence-corrected chi connectivity index (χ3v) is 11.5. The average molecular weight is 884 g/mol. The van der Waals surface area contributed by atoms with Gasteiger partial charge in [-0.15, -0.1) is 0 Å². The predicted molar refractivity (Wildman–Crippen MR) is 229 cm³/mol. The van der Waals surface area contributed by atoms with Gasteiger partial charge in [0.05, 0.1) is 0 Å². The van der Waals surface area contributed by atoms with Gasteiger partial charge in [0.15, 0.2) is 0 Å². The monoisotopic (exact) mass is 883 g/mol. The Bertz CT molecular complexity index is 2120. The van der Waals surface area contributed by atoms with Crippen LogP contribution in [0.25, 0.3) is 0 Å². The number of fused-ring (bicyclic) bond motifs is 2. The molecule has 6 rings (SSSR count). The largest absolute Gasteiger partial charge is 0.443 e. The minimum atomic E-state index is -1.08. The number of ketones is 1. The minimum Gasteiger partial charge on any atom is -0.443 e. The number of ether oxygens (including phenoxy) is 2. The van der Waals surface area contributed by atoms with Gasteiger partial charge in [-0.25, -0.2) is 9.59 Å². The third kappa shape index (κ3) is 10.7. The number of Topliss-reactive ketones (excluding diaryl/α,β-unsaturated/α-hetero) is 1. The maximum atomic E-state index is 13.5. The fourth-order valence-electron chi connectivity index (χ4n) is 8.50. The van der Waals surface area contributed by atoms with Crippen LogP contribution in [0.4, 0.5) is 15.3 Å². The van der Waals surface area contributed by atoms with Gasteiger partial charge < -0.3 is 24.6 Å². The van der Waals surface area contributed by atoms with Gasteiger partial charge in [0, 0.05) is 67.6 Å². The van der Waals surface area contributed by atoms with E-state index < -0.39 is 70.9 Å². The molecule has 2 unspecified atom stereocenters. The number of benzene rings is 2. The summed E-state index contributed by atoms with van der Waals surface area (Å²) in [7, 11) is 0. The fourth-order valence-corrected chi connectivity index (χ4v) is 8.50. The standard InChI is InChI=1S/C47H57N5O12/c1-46(2,3)63-44(61)51-38(55)23-21-35(42(51)59)49-26-32-28(15-13-17-30(32)40(49)57)25-29(53)16-11-9-7-8-10-12-20-37(54)48-34-19-14-18-31-33(34)27-50(41(31)58)36-22-24-39(56)52(43(36)60)45(62)64-47(4,5)6/h13-15,17-19,35-36H,7-12,16,20-27H2,1-6H3,(H,48,54). The van der Waals surface area contributed by atoms with Crippen LogP contribution in [-0.4, -0.2) is 102 Å². The van der Waals surface area contributed by atoms with E-state index in [1.54, 1.807) is 77.9 Å². The molecule has 2 fully saturated rings. The predicted octanol–water partition coefficient (Wildman–Crippen LogP) is 6.37. The maximum Gasteiger partial charge on any atom is 0.424 e. The lowest BCUT2D eigenvalue weighted by Gasteiger charge is -2.35. The molecule has 0 bridgehead atoms. The molecule has 17 nitrogen and oxygen atoms in total. The lowest BCUT2D eigenvalue weighted by molar-refractivity contribution is -0.152. The van der Waals surface area contributed by atoms with Gasteiger partial charge in [-0.05, 0) is 96.6 Å². The molecule has 342 valence electrons. The number of imide groups is 6. The van der Waals surface area contributed by atoms with Gasteiger partial charge in [-0.1, -0.05) is 43.9 Å². The molecule has 2 aromatic carbocycles. The molecule has 0 spiro atoms. The summed E-state index contributed by atoms with van der Waals surface area (Å²) in [5.74, 6) is -4.01. The third-order valence-electron chi connectivity index (χ3n) is 11.5. The fraction of sp³-hybridized carbons (Fsp3) is 0.532. The number of unbranched alkanes of at least 4 members (excludes halogenated alkanes) is 5. The molecule has 9 amide bonds. The number of nitrogens with zero attached hydrogens (tertiary/aromatic N) is 4. The van der Waals surface area contributed by atoms with Crippen LogP contribution in [0.2, 0.25) is 0 Å². The van der Waals surface area contributed by atoms with Crippen LogP contribution in [0.15, 0.2) is 36.4 Å². The molecule has 2 saturated heterocycles. The van der Waals surface area contributed by atoms with Crippen molar-refractivity contribution in [2.45, 2.75) is 161 Å². The van der Waals surface area contributed by atoms with E-state index in [-0.39, 0.29) is 63.3 Å². The molecule has 0 aliphatic carbocycles. The molecule has 64 heavy (non-hydrogen) atoms. The molecule has 2 atom stereocenters. The zero-order chi connectivity index (χ0) is 46.7. The first kappa shape index (κ1) is 47.2. The second-order valence-corrected chi connectivity index (χ2v) is 18.7. The number of rotatable bonds is 14. The molecule has 4 aliphatic heterocycles. The van der Waals surface area contributed by atoms with Gasteiger partial charge in [-0.2, -0.15) is 9.80 Å². The number of carbonyl (C=O) groups is 10. The molecule has 0 aromatic heterocycles. The van der Waals surface area contributed by atoms with Crippen molar-refractivity contribution in [2.75, 3.05) is 5.32 Å². The molecule has 1 N–H and O–H groups in total. The molecular weight excluding hydrogens is 827 g/mol. The number of hydrogen-bond donors (Lipinski definition) is 1. The summed E-state index contributed by atoms with van der Waals surface area (Å²) in [6.07, 6.45) is 3.18. The lowest BCUT2D eigenvalue weighted by atomic mass is 9.97. The minimum absolute atomic E-state index is 0.0202. The SMILES string of the molecule is CC(C)(C)OC(=O)N1C(=O)CCC(N2Cc3c(CC(=O)CCCCCCCCC(=O)Nc4cccc5c4CN(C4CCC(=O)N(C(=O)OC(C)(C)C)C4=O)C5=O)cccc3C2=O)C1=O. The number of amides is 9. The van der Waals surface area contributed by atoms with E-state index in [0.717, 1.165) is 25.7 Å². The molecule has 4 heterocycles. The summed E-state index contributed by atoms with van der Waals surface area (Å²) in [4.78, 5) is 134. The van der Waals surface area contributed by atoms with Crippen LogP contribution in [0, 0.1) is 0 Å². The summed E-state index contributed by atoms with van der Waals surface area (Å²) >= 11 is 0. The van der Waals surface area contributed by atoms with Crippen LogP contribution in [-0.2, 0) is 57.8 Å². The van der Waals surface area contributed by atoms with Gasteiger partial charge in [0.2, 0.25) is 17.7 Å². The van der Waals surface area contributed by atoms with E-state index in [1.165, 1.54) is 9.80 Å². The van der Waals surface area contributed by atoms with Gasteiger partial charge in [0.1, 0.15) is 29.1 Å². The highest BCUT2D eigenvalue weighted by Crippen LogP contribution is 2.35. The summed E-state index contributed by atoms with van der Waals surface area (Å²) in [5, 5.41) is 2.91. The number of likely N-dealkylation sites (tertiary alicyclic amines) is 2. The van der Waals surface area contributed by atoms with Crippen molar-refractivity contribution in [3.05, 3.63) is 64.2 Å². The molecule has 0 radical (unpaired) electrons. The topological polar surface area (TPSA) is 214 Å². The second kappa shape index (κ2) is 19.2. The maximum absolute atomic E-state index is 13.5. The highest BCUT2D eigenvalue weighted by Gasteiger charge is 2.48. The Kier molecular flexibility index (Phi) is 14.2. The highest BCUT2D eigenvalue weighted by atomic mass is 16.6. The number of carbonyl (C=O) groups excluding carboxylic acids is 10. The van der Waals surface area contributed by atoms with Crippen molar-refractivity contribution >= 4 is 65.0 Å². The Morgan fingerprint density at radius 2 is 1.06 bits per heavy atom. The van der Waals surface area contributed by atoms with E-state index in [2.05, 4.69) is 5.32 Å². The molecule has 0 saturated carbocycles. The first-order chi connectivity index (χ1) is 30.1. The van der Waals surface area contributed by atoms with E-state index in [0.29, 0.717) is 62.6 Å². The van der Waals surface area contributed by atoms with Crippen LogP contribution in [0.3, 0.4) is 0 Å². The summed E-state index contributed by atoms with van der Waals surface area (Å²) < 4.78 is 10.5. The van der Waals surface area contributed by atoms with E-state index in [4.69, 9.17) is 9.47 Å². The van der Waals surface area contributed by atoms with Crippen molar-refractivity contribution in [3.63, 3.8) is 0 Å². The Labute approximate surface area is 372 Å². The van der Waals surface area contributed by atoms with E-state index in [1.807, 2.05) is 0 Å². The van der Waals surface area contributed by atoms with E-state index in [9.17, 15) is 47.9 Å². The zero-order valence-corrected chi connectivity index (χ0v) is 37.4. The van der Waals surface area contributed by atoms with Crippen molar-refractivity contribution < 1.29 is 57.4 Å². The number of hydrogen-bond acceptors (Lipinski definition) is 12. The number of nitrogens with one attached hydrogen (secondary N) is 1. The van der Waals surface area contributed by atoms with Crippen LogP contribution >= 0.6 is 0 Å². The average Bonchev–Trinajstić information content (AvgIpc) is 3.71. The van der Waals surface area contributed by atoms with Crippen LogP contribution in [0.1, 0.15) is 156 Å². The quantitative estimate of drug-likeness (QED) is 0.162. The second-order valence-electron chi connectivity index (χ2n) is 18.7. The van der Waals surface area contributed by atoms with Crippen LogP contribution in [0.5, 0.6) is 0 Å². The summed E-state index contributed by atoms with van der Waals surface area (Å²) in [6, 6.07) is 8.05. The Balaban J connectivity index is 0.908. The smallest absolute Gasteiger partial charge is 0.424 e. The van der Waals surface area contributed by atoms with Crippen molar-refractivity contribution in [3.8, 4) is 0 Å². The molecule has 2 aromatic rings. The van der Waals surface area contributed by atoms with E-state index >= 15 is 0 Å². The molecule has 17 heteroatoms. The Morgan fingerprint density at radius 3 is 1.58 bits per heavy atom. The van der Waals surface area contributed by atoms with Gasteiger partial charge >= 0.3 is 12.2 Å². The first-order valence-corrected chi connectivity index (χ1v) is 22.0. The Hall–Kier alpha value is -6.26. The summed E-state index contributed by atoms with van der Waals surface area (Å²) in [6.45, 7) is 9.84. The molecular formula is C47H57N5O12. The highest BCUT2D eigenvalue weighted by molar-refractivity contribution is 6.15.